The fourth-order valence-electron chi connectivity index (χ4n) is 3.58. The molecule has 0 atom stereocenters. The second-order valence-electron chi connectivity index (χ2n) is 7.55. The lowest BCUT2D eigenvalue weighted by atomic mass is 10.2. The van der Waals surface area contributed by atoms with E-state index in [9.17, 15) is 18.0 Å². The molecule has 1 fully saturated rings. The van der Waals surface area contributed by atoms with Crippen LogP contribution in [0.25, 0.3) is 0 Å². The van der Waals surface area contributed by atoms with Gasteiger partial charge in [0.05, 0.1) is 19.1 Å². The first-order chi connectivity index (χ1) is 15.8. The maximum absolute atomic E-state index is 12.7. The predicted octanol–water partition coefficient (Wildman–Crippen LogP) is 1.63. The molecule has 1 N–H and O–H groups in total. The molecule has 33 heavy (non-hydrogen) atoms. The second kappa shape index (κ2) is 11.2. The van der Waals surface area contributed by atoms with E-state index in [4.69, 9.17) is 9.47 Å². The van der Waals surface area contributed by atoms with Gasteiger partial charge in [-0.25, -0.2) is 8.42 Å². The Morgan fingerprint density at radius 3 is 2.27 bits per heavy atom. The number of nitrogens with one attached hydrogen (secondary N) is 1. The summed E-state index contributed by atoms with van der Waals surface area (Å²) in [5.41, 5.74) is 0.800. The van der Waals surface area contributed by atoms with Gasteiger partial charge in [0.25, 0.3) is 0 Å². The van der Waals surface area contributed by atoms with Gasteiger partial charge in [0, 0.05) is 57.2 Å². The summed E-state index contributed by atoms with van der Waals surface area (Å²) in [5, 5.41) is 2.80. The van der Waals surface area contributed by atoms with Crippen molar-refractivity contribution in [2.45, 2.75) is 24.3 Å². The number of carbonyl (C=O) groups excluding carboxylic acids is 2. The van der Waals surface area contributed by atoms with Gasteiger partial charge in [-0.05, 0) is 24.3 Å². The quantitative estimate of drug-likeness (QED) is 0.591. The van der Waals surface area contributed by atoms with Gasteiger partial charge in [-0.3, -0.25) is 9.59 Å². The van der Waals surface area contributed by atoms with Gasteiger partial charge in [-0.15, -0.1) is 0 Å². The summed E-state index contributed by atoms with van der Waals surface area (Å²) in [6.07, 6.45) is 0.122. The Kier molecular flexibility index (Phi) is 8.29. The van der Waals surface area contributed by atoms with Gasteiger partial charge in [0.1, 0.15) is 11.5 Å². The van der Waals surface area contributed by atoms with Crippen molar-refractivity contribution >= 4 is 21.8 Å². The van der Waals surface area contributed by atoms with Crippen LogP contribution in [0, 0.1) is 0 Å². The molecule has 0 unspecified atom stereocenters. The minimum absolute atomic E-state index is 0.0554. The monoisotopic (exact) mass is 475 g/mol. The highest BCUT2D eigenvalue weighted by molar-refractivity contribution is 7.89. The maximum atomic E-state index is 12.7. The van der Waals surface area contributed by atoms with E-state index >= 15 is 0 Å². The summed E-state index contributed by atoms with van der Waals surface area (Å²) < 4.78 is 37.3. The molecule has 9 nitrogen and oxygen atoms in total. The summed E-state index contributed by atoms with van der Waals surface area (Å²) in [4.78, 5) is 26.6. The number of amides is 2. The molecule has 1 heterocycles. The summed E-state index contributed by atoms with van der Waals surface area (Å²) in [7, 11) is -0.458. The Morgan fingerprint density at radius 2 is 1.64 bits per heavy atom. The lowest BCUT2D eigenvalue weighted by molar-refractivity contribution is -0.134. The van der Waals surface area contributed by atoms with E-state index in [1.165, 1.54) is 4.31 Å². The molecule has 0 bridgehead atoms. The molecule has 0 aromatic heterocycles. The second-order valence-corrected chi connectivity index (χ2v) is 9.49. The van der Waals surface area contributed by atoms with Gasteiger partial charge in [-0.1, -0.05) is 18.2 Å². The first-order valence-corrected chi connectivity index (χ1v) is 12.1. The average molecular weight is 476 g/mol. The van der Waals surface area contributed by atoms with Crippen LogP contribution in [0.3, 0.4) is 0 Å². The molecular formula is C23H29N3O6S. The third kappa shape index (κ3) is 6.23. The van der Waals surface area contributed by atoms with Crippen LogP contribution in [0.2, 0.25) is 0 Å². The van der Waals surface area contributed by atoms with Crippen molar-refractivity contribution in [2.75, 3.05) is 40.4 Å². The molecular weight excluding hydrogens is 446 g/mol. The van der Waals surface area contributed by atoms with E-state index in [1.54, 1.807) is 61.6 Å². The minimum Gasteiger partial charge on any atom is -0.497 e. The number of hydrogen-bond acceptors (Lipinski definition) is 6. The highest BCUT2D eigenvalue weighted by Gasteiger charge is 2.29. The molecule has 0 saturated carbocycles. The van der Waals surface area contributed by atoms with Gasteiger partial charge in [0.2, 0.25) is 21.8 Å². The smallest absolute Gasteiger partial charge is 0.243 e. The lowest BCUT2D eigenvalue weighted by Crippen LogP contribution is -2.50. The van der Waals surface area contributed by atoms with Crippen molar-refractivity contribution in [3.05, 3.63) is 54.1 Å². The zero-order valence-electron chi connectivity index (χ0n) is 18.8. The van der Waals surface area contributed by atoms with Gasteiger partial charge < -0.3 is 19.7 Å². The lowest BCUT2D eigenvalue weighted by Gasteiger charge is -2.34. The molecule has 0 aliphatic carbocycles. The summed E-state index contributed by atoms with van der Waals surface area (Å²) in [5.74, 6) is 0.855. The fourth-order valence-corrected chi connectivity index (χ4v) is 5.02. The van der Waals surface area contributed by atoms with Crippen molar-refractivity contribution in [3.8, 4) is 11.5 Å². The van der Waals surface area contributed by atoms with Crippen LogP contribution in [0.15, 0.2) is 53.4 Å². The third-order valence-corrected chi connectivity index (χ3v) is 7.42. The number of nitrogens with zero attached hydrogens (tertiary/aromatic N) is 2. The first-order valence-electron chi connectivity index (χ1n) is 10.7. The van der Waals surface area contributed by atoms with Gasteiger partial charge >= 0.3 is 0 Å². The number of hydrogen-bond donors (Lipinski definition) is 1. The molecule has 178 valence electrons. The number of sulfonamides is 1. The van der Waals surface area contributed by atoms with Crippen molar-refractivity contribution in [1.29, 1.82) is 0 Å². The normalized spacial score (nSPS) is 14.5. The van der Waals surface area contributed by atoms with Crippen LogP contribution in [0.4, 0.5) is 0 Å². The molecule has 1 aliphatic rings. The molecule has 0 spiro atoms. The van der Waals surface area contributed by atoms with Crippen LogP contribution in [0.5, 0.6) is 11.5 Å². The molecule has 2 aromatic carbocycles. The van der Waals surface area contributed by atoms with Crippen LogP contribution < -0.4 is 14.8 Å². The third-order valence-electron chi connectivity index (χ3n) is 5.51. The number of ether oxygens (including phenoxy) is 2. The van der Waals surface area contributed by atoms with E-state index in [1.807, 2.05) is 6.07 Å². The highest BCUT2D eigenvalue weighted by Crippen LogP contribution is 2.24. The average Bonchev–Trinajstić information content (AvgIpc) is 2.86. The standard InChI is InChI=1S/C23H29N3O6S/c1-31-19-9-8-18(21(16-19)32-2)17-24-22(27)10-11-23(28)25-12-14-26(15-13-25)33(29,30)20-6-4-3-5-7-20/h3-9,16H,10-15,17H2,1-2H3,(H,24,27). The van der Waals surface area contributed by atoms with Crippen molar-refractivity contribution in [2.24, 2.45) is 0 Å². The van der Waals surface area contributed by atoms with E-state index < -0.39 is 10.0 Å². The predicted molar refractivity (Wildman–Crippen MR) is 122 cm³/mol. The van der Waals surface area contributed by atoms with Gasteiger partial charge in [0.15, 0.2) is 0 Å². The van der Waals surface area contributed by atoms with Crippen molar-refractivity contribution < 1.29 is 27.5 Å². The highest BCUT2D eigenvalue weighted by atomic mass is 32.2. The Labute approximate surface area is 194 Å². The van der Waals surface area contributed by atoms with E-state index in [-0.39, 0.29) is 49.2 Å². The fraction of sp³-hybridized carbons (Fsp3) is 0.391. The van der Waals surface area contributed by atoms with E-state index in [2.05, 4.69) is 5.32 Å². The number of carbonyl (C=O) groups is 2. The molecule has 2 amide bonds. The molecule has 3 rings (SSSR count). The zero-order chi connectivity index (χ0) is 23.8. The zero-order valence-corrected chi connectivity index (χ0v) is 19.6. The molecule has 10 heteroatoms. The molecule has 1 saturated heterocycles. The number of rotatable bonds is 9. The minimum atomic E-state index is -3.57. The summed E-state index contributed by atoms with van der Waals surface area (Å²) >= 11 is 0. The van der Waals surface area contributed by atoms with Crippen LogP contribution in [0.1, 0.15) is 18.4 Å². The van der Waals surface area contributed by atoms with E-state index in [0.29, 0.717) is 24.6 Å². The number of piperazine rings is 1. The van der Waals surface area contributed by atoms with Crippen LogP contribution in [-0.2, 0) is 26.2 Å². The van der Waals surface area contributed by atoms with Gasteiger partial charge in [-0.2, -0.15) is 4.31 Å². The van der Waals surface area contributed by atoms with E-state index in [0.717, 1.165) is 5.56 Å². The Morgan fingerprint density at radius 1 is 0.939 bits per heavy atom. The van der Waals surface area contributed by atoms with Crippen LogP contribution in [-0.4, -0.2) is 69.8 Å². The number of benzene rings is 2. The summed E-state index contributed by atoms with van der Waals surface area (Å²) in [6, 6.07) is 13.6. The molecule has 0 radical (unpaired) electrons. The Balaban J connectivity index is 1.44. The molecule has 2 aromatic rings. The molecule has 1 aliphatic heterocycles. The van der Waals surface area contributed by atoms with Crippen LogP contribution >= 0.6 is 0 Å². The van der Waals surface area contributed by atoms with Crippen molar-refractivity contribution in [1.82, 2.24) is 14.5 Å². The maximum Gasteiger partial charge on any atom is 0.243 e. The first kappa shape index (κ1) is 24.5. The Bertz CT molecular complexity index is 1070. The topological polar surface area (TPSA) is 105 Å². The van der Waals surface area contributed by atoms with Crippen molar-refractivity contribution in [3.63, 3.8) is 0 Å². The Hall–Kier alpha value is -3.11. The summed E-state index contributed by atoms with van der Waals surface area (Å²) in [6.45, 7) is 1.33. The number of methoxy groups -OCH3 is 2. The SMILES string of the molecule is COc1ccc(CNC(=O)CCC(=O)N2CCN(S(=O)(=O)c3ccccc3)CC2)c(OC)c1. The largest absolute Gasteiger partial charge is 0.497 e.